The van der Waals surface area contributed by atoms with Gasteiger partial charge in [-0.05, 0) is 49.9 Å². The maximum atomic E-state index is 12.9. The molecule has 0 aromatic heterocycles. The number of benzene rings is 1. The molecular weight excluding hydrogens is 318 g/mol. The molecule has 0 radical (unpaired) electrons. The monoisotopic (exact) mass is 341 g/mol. The second-order valence-corrected chi connectivity index (χ2v) is 7.62. The first kappa shape index (κ1) is 17.7. The van der Waals surface area contributed by atoms with Crippen LogP contribution in [0.4, 0.5) is 0 Å². The fourth-order valence-corrected chi connectivity index (χ4v) is 4.66. The number of methoxy groups -OCH3 is 2. The number of carbonyl (C=O) groups is 1. The third-order valence-corrected chi connectivity index (χ3v) is 6.56. The van der Waals surface area contributed by atoms with Gasteiger partial charge in [0.05, 0.1) is 25.0 Å². The molecule has 0 atom stereocenters. The Kier molecular flexibility index (Phi) is 5.31. The van der Waals surface area contributed by atoms with Crippen LogP contribution in [-0.4, -0.2) is 46.0 Å². The van der Waals surface area contributed by atoms with Crippen molar-refractivity contribution in [3.05, 3.63) is 23.3 Å². The van der Waals surface area contributed by atoms with Crippen molar-refractivity contribution in [1.29, 1.82) is 0 Å². The van der Waals surface area contributed by atoms with Gasteiger partial charge >= 0.3 is 5.97 Å². The fraction of sp³-hybridized carbons (Fsp3) is 0.562. The zero-order valence-electron chi connectivity index (χ0n) is 14.0. The Hall–Kier alpha value is -1.60. The van der Waals surface area contributed by atoms with Crippen LogP contribution >= 0.6 is 0 Å². The van der Waals surface area contributed by atoms with Gasteiger partial charge in [-0.1, -0.05) is 0 Å². The first-order valence-electron chi connectivity index (χ1n) is 7.55. The Morgan fingerprint density at radius 3 is 2.26 bits per heavy atom. The van der Waals surface area contributed by atoms with Gasteiger partial charge in [0.25, 0.3) is 0 Å². The van der Waals surface area contributed by atoms with E-state index in [1.54, 1.807) is 26.2 Å². The van der Waals surface area contributed by atoms with E-state index in [0.29, 0.717) is 42.1 Å². The highest BCUT2D eigenvalue weighted by molar-refractivity contribution is 7.89. The zero-order valence-corrected chi connectivity index (χ0v) is 14.8. The average Bonchev–Trinajstić information content (AvgIpc) is 2.56. The molecule has 7 heteroatoms. The fourth-order valence-electron chi connectivity index (χ4n) is 2.91. The first-order valence-corrected chi connectivity index (χ1v) is 8.99. The van der Waals surface area contributed by atoms with E-state index in [-0.39, 0.29) is 11.9 Å². The summed E-state index contributed by atoms with van der Waals surface area (Å²) in [7, 11) is -0.651. The van der Waals surface area contributed by atoms with E-state index in [1.165, 1.54) is 11.4 Å². The molecule has 0 N–H and O–H groups in total. The van der Waals surface area contributed by atoms with Crippen LogP contribution in [0.3, 0.4) is 0 Å². The van der Waals surface area contributed by atoms with Crippen molar-refractivity contribution >= 4 is 16.0 Å². The second kappa shape index (κ2) is 6.88. The molecule has 0 aliphatic carbocycles. The molecule has 0 saturated carbocycles. The number of esters is 1. The van der Waals surface area contributed by atoms with Gasteiger partial charge in [-0.2, -0.15) is 4.31 Å². The van der Waals surface area contributed by atoms with Crippen molar-refractivity contribution in [2.24, 2.45) is 5.92 Å². The van der Waals surface area contributed by atoms with E-state index in [1.807, 2.05) is 6.92 Å². The first-order chi connectivity index (χ1) is 10.8. The van der Waals surface area contributed by atoms with E-state index in [0.717, 1.165) is 5.56 Å². The lowest BCUT2D eigenvalue weighted by molar-refractivity contribution is -0.146. The Balaban J connectivity index is 2.24. The number of hydrogen-bond acceptors (Lipinski definition) is 5. The smallest absolute Gasteiger partial charge is 0.308 e. The lowest BCUT2D eigenvalue weighted by Gasteiger charge is -2.30. The minimum absolute atomic E-state index is 0.217. The summed E-state index contributed by atoms with van der Waals surface area (Å²) in [5.74, 6) is 0.189. The van der Waals surface area contributed by atoms with Gasteiger partial charge in [-0.3, -0.25) is 4.79 Å². The molecule has 1 heterocycles. The molecule has 1 aromatic carbocycles. The van der Waals surface area contributed by atoms with Crippen molar-refractivity contribution < 1.29 is 22.7 Å². The summed E-state index contributed by atoms with van der Waals surface area (Å²) in [4.78, 5) is 11.9. The van der Waals surface area contributed by atoms with Crippen LogP contribution in [0.1, 0.15) is 24.0 Å². The van der Waals surface area contributed by atoms with Crippen molar-refractivity contribution in [2.75, 3.05) is 27.3 Å². The van der Waals surface area contributed by atoms with Gasteiger partial charge in [0, 0.05) is 13.1 Å². The normalized spacial score (nSPS) is 17.0. The summed E-state index contributed by atoms with van der Waals surface area (Å²) in [6.07, 6.45) is 0.972. The number of nitrogens with zero attached hydrogens (tertiary/aromatic N) is 1. The standard InChI is InChI=1S/C16H23NO5S/c1-11-12(2)15(6-5-14(11)21-3)23(19,20)17-9-7-13(8-10-17)16(18)22-4/h5-6,13H,7-10H2,1-4H3. The van der Waals surface area contributed by atoms with E-state index in [2.05, 4.69) is 0 Å². The number of sulfonamides is 1. The maximum absolute atomic E-state index is 12.9. The summed E-state index contributed by atoms with van der Waals surface area (Å²) in [6, 6.07) is 3.26. The highest BCUT2D eigenvalue weighted by atomic mass is 32.2. The SMILES string of the molecule is COC(=O)C1CCN(S(=O)(=O)c2ccc(OC)c(C)c2C)CC1. The Morgan fingerprint density at radius 1 is 1.13 bits per heavy atom. The number of rotatable bonds is 4. The Morgan fingerprint density at radius 2 is 1.74 bits per heavy atom. The Bertz CT molecular complexity index is 691. The lowest BCUT2D eigenvalue weighted by Crippen LogP contribution is -2.40. The summed E-state index contributed by atoms with van der Waals surface area (Å²) in [5, 5.41) is 0. The molecule has 0 bridgehead atoms. The average molecular weight is 341 g/mol. The largest absolute Gasteiger partial charge is 0.496 e. The van der Waals surface area contributed by atoms with Crippen LogP contribution in [0, 0.1) is 19.8 Å². The van der Waals surface area contributed by atoms with Crippen LogP contribution in [0.2, 0.25) is 0 Å². The molecule has 0 amide bonds. The van der Waals surface area contributed by atoms with Crippen molar-refractivity contribution in [1.82, 2.24) is 4.31 Å². The summed E-state index contributed by atoms with van der Waals surface area (Å²) < 4.78 is 37.2. The van der Waals surface area contributed by atoms with E-state index in [9.17, 15) is 13.2 Å². The second-order valence-electron chi connectivity index (χ2n) is 5.72. The highest BCUT2D eigenvalue weighted by Gasteiger charge is 2.33. The van der Waals surface area contributed by atoms with E-state index < -0.39 is 10.0 Å². The van der Waals surface area contributed by atoms with Gasteiger partial charge < -0.3 is 9.47 Å². The van der Waals surface area contributed by atoms with Crippen molar-refractivity contribution in [3.8, 4) is 5.75 Å². The predicted octanol–water partition coefficient (Wildman–Crippen LogP) is 1.89. The van der Waals surface area contributed by atoms with Crippen LogP contribution in [0.5, 0.6) is 5.75 Å². The number of hydrogen-bond donors (Lipinski definition) is 0. The molecular formula is C16H23NO5S. The predicted molar refractivity (Wildman–Crippen MR) is 86.0 cm³/mol. The van der Waals surface area contributed by atoms with E-state index in [4.69, 9.17) is 9.47 Å². The molecule has 1 aliphatic heterocycles. The Labute approximate surface area is 137 Å². The summed E-state index contributed by atoms with van der Waals surface area (Å²) >= 11 is 0. The molecule has 23 heavy (non-hydrogen) atoms. The molecule has 1 fully saturated rings. The van der Waals surface area contributed by atoms with Gasteiger partial charge in [0.15, 0.2) is 0 Å². The summed E-state index contributed by atoms with van der Waals surface area (Å²) in [5.41, 5.74) is 1.51. The molecule has 0 spiro atoms. The quantitative estimate of drug-likeness (QED) is 0.782. The summed E-state index contributed by atoms with van der Waals surface area (Å²) in [6.45, 7) is 4.28. The molecule has 2 rings (SSSR count). The van der Waals surface area contributed by atoms with Gasteiger partial charge in [0.2, 0.25) is 10.0 Å². The third-order valence-electron chi connectivity index (χ3n) is 4.51. The molecule has 0 unspecified atom stereocenters. The van der Waals surface area contributed by atoms with Gasteiger partial charge in [-0.25, -0.2) is 8.42 Å². The van der Waals surface area contributed by atoms with Gasteiger partial charge in [-0.15, -0.1) is 0 Å². The van der Waals surface area contributed by atoms with Crippen molar-refractivity contribution in [2.45, 2.75) is 31.6 Å². The molecule has 1 saturated heterocycles. The number of piperidine rings is 1. The van der Waals surface area contributed by atoms with Crippen LogP contribution in [0.15, 0.2) is 17.0 Å². The van der Waals surface area contributed by atoms with Gasteiger partial charge in [0.1, 0.15) is 5.75 Å². The topological polar surface area (TPSA) is 72.9 Å². The molecule has 6 nitrogen and oxygen atoms in total. The molecule has 1 aromatic rings. The lowest BCUT2D eigenvalue weighted by atomic mass is 9.99. The highest BCUT2D eigenvalue weighted by Crippen LogP contribution is 2.30. The van der Waals surface area contributed by atoms with Crippen LogP contribution < -0.4 is 4.74 Å². The maximum Gasteiger partial charge on any atom is 0.308 e. The minimum atomic E-state index is -3.57. The molecule has 1 aliphatic rings. The third kappa shape index (κ3) is 3.35. The number of carbonyl (C=O) groups excluding carboxylic acids is 1. The van der Waals surface area contributed by atoms with Crippen molar-refractivity contribution in [3.63, 3.8) is 0 Å². The van der Waals surface area contributed by atoms with E-state index >= 15 is 0 Å². The zero-order chi connectivity index (χ0) is 17.2. The van der Waals surface area contributed by atoms with Crippen LogP contribution in [-0.2, 0) is 19.6 Å². The molecule has 128 valence electrons. The minimum Gasteiger partial charge on any atom is -0.496 e. The number of ether oxygens (including phenoxy) is 2. The van der Waals surface area contributed by atoms with Crippen LogP contribution in [0.25, 0.3) is 0 Å².